The molecule has 0 fully saturated rings. The average molecular weight is 254 g/mol. The fourth-order valence-electron chi connectivity index (χ4n) is 1.74. The van der Waals surface area contributed by atoms with Crippen LogP contribution in [0.15, 0.2) is 42.9 Å². The minimum atomic E-state index is -0.402. The van der Waals surface area contributed by atoms with E-state index in [0.29, 0.717) is 17.0 Å². The van der Waals surface area contributed by atoms with Gasteiger partial charge in [-0.1, -0.05) is 0 Å². The van der Waals surface area contributed by atoms with E-state index in [1.807, 2.05) is 12.1 Å². The van der Waals surface area contributed by atoms with Crippen LogP contribution in [0.5, 0.6) is 0 Å². The third-order valence-corrected chi connectivity index (χ3v) is 2.67. The molecule has 0 saturated heterocycles. The van der Waals surface area contributed by atoms with Crippen molar-refractivity contribution in [3.05, 3.63) is 48.4 Å². The predicted octanol–water partition coefficient (Wildman–Crippen LogP) is 1.58. The number of hydrogen-bond acceptors (Lipinski definition) is 5. The summed E-state index contributed by atoms with van der Waals surface area (Å²) in [5, 5.41) is 4.32. The Labute approximate surface area is 108 Å². The molecular weight excluding hydrogens is 244 g/mol. The molecule has 94 valence electrons. The summed E-state index contributed by atoms with van der Waals surface area (Å²) in [5.74, 6) is 0.162. The second kappa shape index (κ2) is 4.49. The predicted molar refractivity (Wildman–Crippen MR) is 67.6 cm³/mol. The van der Waals surface area contributed by atoms with E-state index < -0.39 is 5.97 Å². The highest BCUT2D eigenvalue weighted by Gasteiger charge is 2.10. The van der Waals surface area contributed by atoms with Crippen LogP contribution < -0.4 is 0 Å². The lowest BCUT2D eigenvalue weighted by molar-refractivity contribution is 0.0600. The second-order valence-corrected chi connectivity index (χ2v) is 3.89. The summed E-state index contributed by atoms with van der Waals surface area (Å²) in [4.78, 5) is 19.8. The zero-order chi connectivity index (χ0) is 13.2. The molecule has 6 nitrogen and oxygen atoms in total. The van der Waals surface area contributed by atoms with Crippen LogP contribution in [0.4, 0.5) is 0 Å². The molecule has 0 radical (unpaired) electrons. The molecule has 0 aliphatic heterocycles. The summed E-state index contributed by atoms with van der Waals surface area (Å²) < 4.78 is 6.22. The first-order valence-corrected chi connectivity index (χ1v) is 5.63. The van der Waals surface area contributed by atoms with Gasteiger partial charge in [0.1, 0.15) is 0 Å². The van der Waals surface area contributed by atoms with Crippen molar-refractivity contribution in [3.63, 3.8) is 0 Å². The van der Waals surface area contributed by atoms with E-state index in [1.54, 1.807) is 35.2 Å². The highest BCUT2D eigenvalue weighted by atomic mass is 16.5. The third-order valence-electron chi connectivity index (χ3n) is 2.67. The van der Waals surface area contributed by atoms with Crippen molar-refractivity contribution >= 4 is 11.6 Å². The SMILES string of the molecule is COC(=O)c1ccc2nc(-c3cccnc3)nn2c1. The molecule has 0 aliphatic rings. The minimum Gasteiger partial charge on any atom is -0.465 e. The van der Waals surface area contributed by atoms with Gasteiger partial charge in [-0.05, 0) is 24.3 Å². The van der Waals surface area contributed by atoms with Gasteiger partial charge in [-0.25, -0.2) is 14.3 Å². The normalized spacial score (nSPS) is 10.6. The van der Waals surface area contributed by atoms with Crippen LogP contribution in [-0.4, -0.2) is 32.7 Å². The first kappa shape index (κ1) is 11.3. The monoisotopic (exact) mass is 254 g/mol. The fraction of sp³-hybridized carbons (Fsp3) is 0.0769. The van der Waals surface area contributed by atoms with Crippen LogP contribution in [0.2, 0.25) is 0 Å². The number of ether oxygens (including phenoxy) is 1. The molecular formula is C13H10N4O2. The highest BCUT2D eigenvalue weighted by molar-refractivity contribution is 5.89. The number of carbonyl (C=O) groups is 1. The lowest BCUT2D eigenvalue weighted by atomic mass is 10.3. The topological polar surface area (TPSA) is 69.4 Å². The van der Waals surface area contributed by atoms with Gasteiger partial charge in [0.25, 0.3) is 0 Å². The molecule has 0 spiro atoms. The van der Waals surface area contributed by atoms with E-state index in [-0.39, 0.29) is 0 Å². The summed E-state index contributed by atoms with van der Waals surface area (Å²) in [6.45, 7) is 0. The van der Waals surface area contributed by atoms with Crippen LogP contribution in [0, 0.1) is 0 Å². The molecule has 0 bridgehead atoms. The summed E-state index contributed by atoms with van der Waals surface area (Å²) in [6, 6.07) is 7.08. The van der Waals surface area contributed by atoms with E-state index in [4.69, 9.17) is 0 Å². The smallest absolute Gasteiger partial charge is 0.339 e. The molecule has 19 heavy (non-hydrogen) atoms. The highest BCUT2D eigenvalue weighted by Crippen LogP contribution is 2.15. The molecule has 0 aliphatic carbocycles. The largest absolute Gasteiger partial charge is 0.465 e. The molecule has 3 heterocycles. The molecule has 0 saturated carbocycles. The van der Waals surface area contributed by atoms with Crippen LogP contribution in [0.3, 0.4) is 0 Å². The Morgan fingerprint density at radius 1 is 1.32 bits per heavy atom. The molecule has 3 aromatic rings. The number of fused-ring (bicyclic) bond motifs is 1. The maximum Gasteiger partial charge on any atom is 0.339 e. The van der Waals surface area contributed by atoms with Gasteiger partial charge >= 0.3 is 5.97 Å². The molecule has 3 rings (SSSR count). The number of nitrogens with zero attached hydrogens (tertiary/aromatic N) is 4. The van der Waals surface area contributed by atoms with Gasteiger partial charge in [-0.15, -0.1) is 5.10 Å². The first-order chi connectivity index (χ1) is 9.28. The summed E-state index contributed by atoms with van der Waals surface area (Å²) in [6.07, 6.45) is 4.97. The maximum absolute atomic E-state index is 11.4. The van der Waals surface area contributed by atoms with E-state index >= 15 is 0 Å². The van der Waals surface area contributed by atoms with E-state index in [2.05, 4.69) is 19.8 Å². The molecule has 0 amide bonds. The van der Waals surface area contributed by atoms with Gasteiger partial charge in [-0.2, -0.15) is 0 Å². The third kappa shape index (κ3) is 2.03. The lowest BCUT2D eigenvalue weighted by Gasteiger charge is -1.98. The summed E-state index contributed by atoms with van der Waals surface area (Å²) in [7, 11) is 1.34. The van der Waals surface area contributed by atoms with Crippen molar-refractivity contribution in [1.82, 2.24) is 19.6 Å². The van der Waals surface area contributed by atoms with Crippen LogP contribution in [0.1, 0.15) is 10.4 Å². The second-order valence-electron chi connectivity index (χ2n) is 3.89. The molecule has 3 aromatic heterocycles. The average Bonchev–Trinajstić information content (AvgIpc) is 2.90. The van der Waals surface area contributed by atoms with Crippen LogP contribution in [-0.2, 0) is 4.74 Å². The van der Waals surface area contributed by atoms with Gasteiger partial charge in [-0.3, -0.25) is 4.98 Å². The molecule has 0 aromatic carbocycles. The summed E-state index contributed by atoms with van der Waals surface area (Å²) in [5.41, 5.74) is 1.91. The van der Waals surface area contributed by atoms with Gasteiger partial charge in [0.2, 0.25) is 0 Å². The van der Waals surface area contributed by atoms with E-state index in [1.165, 1.54) is 7.11 Å². The van der Waals surface area contributed by atoms with Crippen molar-refractivity contribution in [1.29, 1.82) is 0 Å². The molecule has 0 unspecified atom stereocenters. The van der Waals surface area contributed by atoms with Crippen molar-refractivity contribution in [2.24, 2.45) is 0 Å². The Bertz CT molecular complexity index is 737. The van der Waals surface area contributed by atoms with E-state index in [9.17, 15) is 4.79 Å². The maximum atomic E-state index is 11.4. The standard InChI is InChI=1S/C13H10N4O2/c1-19-13(18)10-4-5-11-15-12(16-17(11)8-10)9-3-2-6-14-7-9/h2-8H,1H3. The number of aromatic nitrogens is 4. The fourth-order valence-corrected chi connectivity index (χ4v) is 1.74. The van der Waals surface area contributed by atoms with Gasteiger partial charge in [0.15, 0.2) is 11.5 Å². The van der Waals surface area contributed by atoms with Gasteiger partial charge < -0.3 is 4.74 Å². The minimum absolute atomic E-state index is 0.402. The lowest BCUT2D eigenvalue weighted by Crippen LogP contribution is -2.03. The van der Waals surface area contributed by atoms with Gasteiger partial charge in [0.05, 0.1) is 12.7 Å². The molecule has 0 N–H and O–H groups in total. The first-order valence-electron chi connectivity index (χ1n) is 5.63. The number of rotatable bonds is 2. The van der Waals surface area contributed by atoms with Crippen molar-refractivity contribution in [3.8, 4) is 11.4 Å². The Hall–Kier alpha value is -2.76. The van der Waals surface area contributed by atoms with E-state index in [0.717, 1.165) is 5.56 Å². The van der Waals surface area contributed by atoms with Crippen LogP contribution in [0.25, 0.3) is 17.0 Å². The number of hydrogen-bond donors (Lipinski definition) is 0. The molecule has 6 heteroatoms. The van der Waals surface area contributed by atoms with Crippen LogP contribution >= 0.6 is 0 Å². The Morgan fingerprint density at radius 3 is 2.95 bits per heavy atom. The number of carbonyl (C=O) groups excluding carboxylic acids is 1. The van der Waals surface area contributed by atoms with Crippen molar-refractivity contribution in [2.45, 2.75) is 0 Å². The Kier molecular flexibility index (Phi) is 2.68. The Balaban J connectivity index is 2.09. The summed E-state index contributed by atoms with van der Waals surface area (Å²) >= 11 is 0. The number of pyridine rings is 2. The quantitative estimate of drug-likeness (QED) is 0.649. The zero-order valence-electron chi connectivity index (χ0n) is 10.1. The van der Waals surface area contributed by atoms with Crippen molar-refractivity contribution in [2.75, 3.05) is 7.11 Å². The zero-order valence-corrected chi connectivity index (χ0v) is 10.1. The number of methoxy groups -OCH3 is 1. The van der Waals surface area contributed by atoms with Crippen molar-refractivity contribution < 1.29 is 9.53 Å². The molecule has 0 atom stereocenters. The number of esters is 1. The van der Waals surface area contributed by atoms with Gasteiger partial charge in [0, 0.05) is 24.2 Å². The Morgan fingerprint density at radius 2 is 2.21 bits per heavy atom.